The Kier molecular flexibility index (Phi) is 2.49. The van der Waals surface area contributed by atoms with E-state index < -0.39 is 5.60 Å². The number of phenolic OH excluding ortho intramolecular Hbond substituents is 1. The number of aliphatic hydroxyl groups is 1. The number of hydrogen-bond donors (Lipinski definition) is 2. The molecule has 2 aliphatic heterocycles. The summed E-state index contributed by atoms with van der Waals surface area (Å²) in [5.41, 5.74) is 1.31. The van der Waals surface area contributed by atoms with Crippen molar-refractivity contribution in [3.05, 3.63) is 29.7 Å². The normalized spacial score (nSPS) is 42.5. The molecule has 1 spiro atoms. The molecule has 4 heteroatoms. The Morgan fingerprint density at radius 1 is 1.25 bits per heavy atom. The van der Waals surface area contributed by atoms with Gasteiger partial charge >= 0.3 is 0 Å². The minimum Gasteiger partial charge on any atom is -0.504 e. The smallest absolute Gasteiger partial charge is 0.165 e. The van der Waals surface area contributed by atoms with Crippen molar-refractivity contribution in [2.75, 3.05) is 13.1 Å². The molecule has 1 unspecified atom stereocenters. The highest BCUT2D eigenvalue weighted by Gasteiger charge is 2.71. The Labute approximate surface area is 142 Å². The Balaban J connectivity index is 1.56. The van der Waals surface area contributed by atoms with Crippen LogP contribution in [-0.4, -0.2) is 45.9 Å². The van der Waals surface area contributed by atoms with Gasteiger partial charge in [0.15, 0.2) is 11.5 Å². The molecule has 0 aromatic heterocycles. The van der Waals surface area contributed by atoms with E-state index in [4.69, 9.17) is 4.74 Å². The van der Waals surface area contributed by atoms with E-state index in [0.717, 1.165) is 50.3 Å². The van der Waals surface area contributed by atoms with Gasteiger partial charge in [-0.25, -0.2) is 0 Å². The number of nitrogens with zero attached hydrogens (tertiary/aromatic N) is 1. The van der Waals surface area contributed by atoms with Crippen LogP contribution in [0.15, 0.2) is 12.1 Å². The Bertz CT molecular complexity index is 730. The first kappa shape index (κ1) is 14.0. The van der Waals surface area contributed by atoms with Crippen LogP contribution < -0.4 is 4.74 Å². The summed E-state index contributed by atoms with van der Waals surface area (Å²) in [6, 6.07) is 4.02. The lowest BCUT2D eigenvalue weighted by Gasteiger charge is -2.63. The van der Waals surface area contributed by atoms with Crippen molar-refractivity contribution < 1.29 is 14.9 Å². The van der Waals surface area contributed by atoms with Crippen molar-refractivity contribution in [1.82, 2.24) is 4.90 Å². The predicted octanol–water partition coefficient (Wildman–Crippen LogP) is 2.16. The molecule has 127 valence electrons. The lowest BCUT2D eigenvalue weighted by molar-refractivity contribution is -0.175. The molecular formula is C20H24NO3. The summed E-state index contributed by atoms with van der Waals surface area (Å²) in [5.74, 6) is 1.71. The van der Waals surface area contributed by atoms with E-state index in [9.17, 15) is 10.2 Å². The third-order valence-electron chi connectivity index (χ3n) is 7.47. The highest BCUT2D eigenvalue weighted by molar-refractivity contribution is 5.62. The van der Waals surface area contributed by atoms with Crippen LogP contribution in [0.5, 0.6) is 11.5 Å². The lowest BCUT2D eigenvalue weighted by atomic mass is 9.49. The summed E-state index contributed by atoms with van der Waals surface area (Å²) >= 11 is 0. The summed E-state index contributed by atoms with van der Waals surface area (Å²) in [7, 11) is 0. The number of phenols is 1. The fourth-order valence-corrected chi connectivity index (χ4v) is 6.23. The Morgan fingerprint density at radius 3 is 2.96 bits per heavy atom. The molecule has 6 rings (SSSR count). The molecule has 4 atom stereocenters. The van der Waals surface area contributed by atoms with E-state index in [1.807, 2.05) is 0 Å². The van der Waals surface area contributed by atoms with Gasteiger partial charge in [0, 0.05) is 24.6 Å². The van der Waals surface area contributed by atoms with Crippen molar-refractivity contribution in [3.8, 4) is 11.5 Å². The Morgan fingerprint density at radius 2 is 2.12 bits per heavy atom. The molecule has 2 saturated carbocycles. The van der Waals surface area contributed by atoms with Crippen LogP contribution in [0.1, 0.15) is 43.2 Å². The number of aromatic hydroxyl groups is 1. The molecule has 0 amide bonds. The zero-order valence-corrected chi connectivity index (χ0v) is 13.9. The zero-order chi connectivity index (χ0) is 16.1. The van der Waals surface area contributed by atoms with Crippen molar-refractivity contribution in [2.24, 2.45) is 5.92 Å². The molecule has 2 N–H and O–H groups in total. The number of ether oxygens (including phenoxy) is 1. The molecule has 2 heterocycles. The second-order valence-corrected chi connectivity index (χ2v) is 8.56. The fourth-order valence-electron chi connectivity index (χ4n) is 6.23. The summed E-state index contributed by atoms with van der Waals surface area (Å²) in [5, 5.41) is 22.3. The first-order valence-electron chi connectivity index (χ1n) is 9.45. The summed E-state index contributed by atoms with van der Waals surface area (Å²) in [6.07, 6.45) is 8.34. The zero-order valence-electron chi connectivity index (χ0n) is 13.9. The number of piperidine rings is 1. The van der Waals surface area contributed by atoms with Gasteiger partial charge in [0.2, 0.25) is 0 Å². The summed E-state index contributed by atoms with van der Waals surface area (Å²) < 4.78 is 6.22. The SMILES string of the molecule is Oc1ccc2c3c1OC1[CH]CC[C@@]4(O)[C@@H](C2)N(CC2CC2)CC[C@]314. The molecule has 1 aromatic rings. The molecule has 5 aliphatic rings. The molecule has 3 aliphatic carbocycles. The van der Waals surface area contributed by atoms with E-state index >= 15 is 0 Å². The lowest BCUT2D eigenvalue weighted by Crippen LogP contribution is -2.75. The molecule has 24 heavy (non-hydrogen) atoms. The largest absolute Gasteiger partial charge is 0.504 e. The molecular weight excluding hydrogens is 302 g/mol. The van der Waals surface area contributed by atoms with Gasteiger partial charge in [-0.2, -0.15) is 0 Å². The quantitative estimate of drug-likeness (QED) is 0.874. The molecule has 4 nitrogen and oxygen atoms in total. The average molecular weight is 326 g/mol. The molecule has 2 bridgehead atoms. The van der Waals surface area contributed by atoms with Crippen LogP contribution in [0.25, 0.3) is 0 Å². The maximum absolute atomic E-state index is 12.0. The summed E-state index contributed by atoms with van der Waals surface area (Å²) in [6.45, 7) is 2.17. The van der Waals surface area contributed by atoms with Gasteiger partial charge in [0.25, 0.3) is 0 Å². The second-order valence-electron chi connectivity index (χ2n) is 8.56. The molecule has 1 saturated heterocycles. The molecule has 1 aromatic carbocycles. The van der Waals surface area contributed by atoms with Crippen LogP contribution >= 0.6 is 0 Å². The fraction of sp³-hybridized carbons (Fsp3) is 0.650. The van der Waals surface area contributed by atoms with E-state index in [1.54, 1.807) is 6.07 Å². The number of hydrogen-bond acceptors (Lipinski definition) is 4. The van der Waals surface area contributed by atoms with Gasteiger partial charge in [0.05, 0.1) is 11.0 Å². The highest BCUT2D eigenvalue weighted by atomic mass is 16.5. The topological polar surface area (TPSA) is 52.9 Å². The van der Waals surface area contributed by atoms with Crippen molar-refractivity contribution >= 4 is 0 Å². The minimum atomic E-state index is -0.731. The van der Waals surface area contributed by atoms with Gasteiger partial charge in [0.1, 0.15) is 6.10 Å². The van der Waals surface area contributed by atoms with Crippen LogP contribution in [0.2, 0.25) is 0 Å². The van der Waals surface area contributed by atoms with Gasteiger partial charge in [-0.05, 0) is 62.6 Å². The van der Waals surface area contributed by atoms with Crippen LogP contribution in [-0.2, 0) is 11.8 Å². The maximum Gasteiger partial charge on any atom is 0.165 e. The summed E-state index contributed by atoms with van der Waals surface area (Å²) in [4.78, 5) is 2.57. The van der Waals surface area contributed by atoms with E-state index in [0.29, 0.717) is 5.75 Å². The minimum absolute atomic E-state index is 0.0934. The van der Waals surface area contributed by atoms with Gasteiger partial charge < -0.3 is 14.9 Å². The van der Waals surface area contributed by atoms with Crippen LogP contribution in [0.3, 0.4) is 0 Å². The van der Waals surface area contributed by atoms with E-state index in [2.05, 4.69) is 17.4 Å². The van der Waals surface area contributed by atoms with Crippen molar-refractivity contribution in [1.29, 1.82) is 0 Å². The number of benzene rings is 1. The monoisotopic (exact) mass is 326 g/mol. The Hall–Kier alpha value is -1.26. The first-order valence-corrected chi connectivity index (χ1v) is 9.45. The third kappa shape index (κ3) is 1.45. The first-order chi connectivity index (χ1) is 11.6. The van der Waals surface area contributed by atoms with Gasteiger partial charge in [-0.3, -0.25) is 4.90 Å². The average Bonchev–Trinajstić information content (AvgIpc) is 3.30. The molecule has 1 radical (unpaired) electrons. The van der Waals surface area contributed by atoms with Crippen LogP contribution in [0, 0.1) is 12.3 Å². The van der Waals surface area contributed by atoms with Crippen molar-refractivity contribution in [2.45, 2.75) is 61.7 Å². The predicted molar refractivity (Wildman–Crippen MR) is 89.1 cm³/mol. The van der Waals surface area contributed by atoms with E-state index in [-0.39, 0.29) is 23.3 Å². The highest BCUT2D eigenvalue weighted by Crippen LogP contribution is 2.65. The number of rotatable bonds is 2. The van der Waals surface area contributed by atoms with E-state index in [1.165, 1.54) is 18.4 Å². The van der Waals surface area contributed by atoms with Gasteiger partial charge in [-0.1, -0.05) is 6.07 Å². The van der Waals surface area contributed by atoms with Crippen LogP contribution in [0.4, 0.5) is 0 Å². The standard InChI is InChI=1S/C20H24NO3/c22-14-6-5-13-10-15-20(23)7-1-2-16-19(20,17(13)18(14)24-16)8-9-21(15)11-12-3-4-12/h2,5-6,12,15-16,22-23H,1,3-4,7-11H2/t15-,16?,19-,20-/m1/s1. The third-order valence-corrected chi connectivity index (χ3v) is 7.47. The van der Waals surface area contributed by atoms with Crippen molar-refractivity contribution in [3.63, 3.8) is 0 Å². The maximum atomic E-state index is 12.0. The number of likely N-dealkylation sites (tertiary alicyclic amines) is 1. The van der Waals surface area contributed by atoms with Gasteiger partial charge in [-0.15, -0.1) is 0 Å². The molecule has 3 fully saturated rings. The second kappa shape index (κ2) is 4.28.